The van der Waals surface area contributed by atoms with Crippen molar-refractivity contribution in [3.63, 3.8) is 0 Å². The quantitative estimate of drug-likeness (QED) is 0.384. The molecule has 11 heteroatoms. The number of fused-ring (bicyclic) bond motifs is 4. The molecule has 5 aromatic rings. The Balaban J connectivity index is 1.29. The molecule has 0 unspecified atom stereocenters. The number of aryl methyl sites for hydroxylation is 1. The van der Waals surface area contributed by atoms with Gasteiger partial charge in [-0.2, -0.15) is 0 Å². The van der Waals surface area contributed by atoms with Crippen molar-refractivity contribution in [1.29, 1.82) is 0 Å². The number of nitrogen functional groups attached to an aromatic ring is 1. The highest BCUT2D eigenvalue weighted by Crippen LogP contribution is 2.26. The van der Waals surface area contributed by atoms with Crippen molar-refractivity contribution in [2.75, 3.05) is 50.4 Å². The Kier molecular flexibility index (Phi) is 5.87. The fourth-order valence-corrected chi connectivity index (χ4v) is 5.16. The van der Waals surface area contributed by atoms with Gasteiger partial charge >= 0.3 is 0 Å². The number of piperazine rings is 1. The van der Waals surface area contributed by atoms with Crippen LogP contribution in [0.4, 0.5) is 15.9 Å². The first-order valence-corrected chi connectivity index (χ1v) is 12.7. The first-order valence-electron chi connectivity index (χ1n) is 12.7. The van der Waals surface area contributed by atoms with Gasteiger partial charge in [-0.25, -0.2) is 19.3 Å². The first kappa shape index (κ1) is 24.1. The molecule has 0 bridgehead atoms. The van der Waals surface area contributed by atoms with E-state index < -0.39 is 11.7 Å². The summed E-state index contributed by atoms with van der Waals surface area (Å²) in [5, 5.41) is 0. The monoisotopic (exact) mass is 515 g/mol. The lowest BCUT2D eigenvalue weighted by molar-refractivity contribution is 0.0746. The molecule has 1 fully saturated rings. The van der Waals surface area contributed by atoms with Crippen molar-refractivity contribution >= 4 is 39.6 Å². The summed E-state index contributed by atoms with van der Waals surface area (Å²) < 4.78 is 18.9. The van der Waals surface area contributed by atoms with Gasteiger partial charge < -0.3 is 24.8 Å². The zero-order chi connectivity index (χ0) is 26.6. The van der Waals surface area contributed by atoms with Crippen molar-refractivity contribution in [3.8, 4) is 0 Å². The van der Waals surface area contributed by atoms with Crippen molar-refractivity contribution in [1.82, 2.24) is 33.6 Å². The molecule has 0 saturated carbocycles. The van der Waals surface area contributed by atoms with E-state index in [1.165, 1.54) is 12.1 Å². The van der Waals surface area contributed by atoms with Crippen LogP contribution in [0, 0.1) is 12.7 Å². The van der Waals surface area contributed by atoms with Crippen LogP contribution in [-0.2, 0) is 6.54 Å². The topological polar surface area (TPSA) is 100 Å². The second-order valence-corrected chi connectivity index (χ2v) is 9.86. The van der Waals surface area contributed by atoms with Crippen LogP contribution in [0.1, 0.15) is 28.7 Å². The number of nitrogens with two attached hydrogens (primary N) is 1. The van der Waals surface area contributed by atoms with Crippen molar-refractivity contribution in [3.05, 3.63) is 65.8 Å². The number of carbonyl (C=O) groups is 1. The van der Waals surface area contributed by atoms with E-state index in [0.29, 0.717) is 28.8 Å². The molecule has 1 aliphatic heterocycles. The third-order valence-electron chi connectivity index (χ3n) is 7.36. The number of carbonyl (C=O) groups excluding carboxylic acids is 1. The second-order valence-electron chi connectivity index (χ2n) is 9.86. The van der Waals surface area contributed by atoms with Crippen molar-refractivity contribution < 1.29 is 9.18 Å². The van der Waals surface area contributed by atoms with Crippen LogP contribution in [-0.4, -0.2) is 79.2 Å². The van der Waals surface area contributed by atoms with Gasteiger partial charge in [0, 0.05) is 51.2 Å². The molecule has 0 radical (unpaired) electrons. The summed E-state index contributed by atoms with van der Waals surface area (Å²) in [5.41, 5.74) is 11.0. The number of amides is 1. The van der Waals surface area contributed by atoms with E-state index >= 15 is 4.39 Å². The van der Waals surface area contributed by atoms with Crippen molar-refractivity contribution in [2.45, 2.75) is 20.4 Å². The number of hydrogen-bond acceptors (Lipinski definition) is 7. The third-order valence-corrected chi connectivity index (χ3v) is 7.36. The van der Waals surface area contributed by atoms with Crippen LogP contribution >= 0.6 is 0 Å². The zero-order valence-corrected chi connectivity index (χ0v) is 21.7. The highest BCUT2D eigenvalue weighted by Gasteiger charge is 2.22. The van der Waals surface area contributed by atoms with Crippen LogP contribution in [0.25, 0.3) is 22.2 Å². The predicted octanol–water partition coefficient (Wildman–Crippen LogP) is 2.97. The summed E-state index contributed by atoms with van der Waals surface area (Å²) in [5.74, 6) is -0.788. The smallest absolute Gasteiger partial charge is 0.257 e. The number of halogens is 1. The molecule has 196 valence electrons. The normalized spacial score (nSPS) is 14.7. The number of pyridine rings is 1. The summed E-state index contributed by atoms with van der Waals surface area (Å²) in [6.07, 6.45) is 5.63. The third kappa shape index (κ3) is 4.08. The van der Waals surface area contributed by atoms with Gasteiger partial charge in [-0.15, -0.1) is 0 Å². The van der Waals surface area contributed by atoms with Gasteiger partial charge in [0.15, 0.2) is 0 Å². The Morgan fingerprint density at radius 2 is 1.92 bits per heavy atom. The number of nitrogens with zero attached hydrogens (tertiary/aromatic N) is 8. The largest absolute Gasteiger partial charge is 0.382 e. The summed E-state index contributed by atoms with van der Waals surface area (Å²) in [4.78, 5) is 33.2. The Morgan fingerprint density at radius 3 is 2.68 bits per heavy atom. The van der Waals surface area contributed by atoms with Crippen LogP contribution in [0.15, 0.2) is 43.0 Å². The van der Waals surface area contributed by atoms with E-state index in [4.69, 9.17) is 10.7 Å². The van der Waals surface area contributed by atoms with E-state index in [2.05, 4.69) is 39.1 Å². The highest BCUT2D eigenvalue weighted by molar-refractivity contribution is 5.98. The fraction of sp³-hybridized carbons (Fsp3) is 0.333. The summed E-state index contributed by atoms with van der Waals surface area (Å²) in [6, 6.07) is 6.87. The number of imidazole rings is 2. The molecular weight excluding hydrogens is 485 g/mol. The number of rotatable bonds is 5. The van der Waals surface area contributed by atoms with Crippen LogP contribution < -0.4 is 10.6 Å². The molecule has 1 saturated heterocycles. The maximum atomic E-state index is 15.2. The van der Waals surface area contributed by atoms with Gasteiger partial charge in [0.05, 0.1) is 40.2 Å². The van der Waals surface area contributed by atoms with Gasteiger partial charge in [0.1, 0.15) is 29.1 Å². The van der Waals surface area contributed by atoms with E-state index in [-0.39, 0.29) is 17.9 Å². The maximum Gasteiger partial charge on any atom is 0.257 e. The molecule has 2 N–H and O–H groups in total. The number of likely N-dealkylation sites (N-methyl/N-ethyl adjacent to an activating group) is 1. The number of aromatic nitrogens is 5. The fourth-order valence-electron chi connectivity index (χ4n) is 5.16. The van der Waals surface area contributed by atoms with Gasteiger partial charge in [-0.05, 0) is 39.1 Å². The van der Waals surface area contributed by atoms with Crippen molar-refractivity contribution in [2.24, 2.45) is 0 Å². The molecule has 6 rings (SSSR count). The van der Waals surface area contributed by atoms with Crippen LogP contribution in [0.3, 0.4) is 0 Å². The standard InChI is InChI=1S/C27H30FN9O/c1-4-34(13-18-14-36-15-19(5-6-24(36)31-18)35-9-7-33(3)8-10-35)27(38)20-11-23-22(12-21(20)28)32-26(29)25-17(2)30-16-37(23)25/h5-6,11-12,14-16H,4,7-10,13H2,1-3H3,(H2,29,32). The minimum absolute atomic E-state index is 0.0281. The molecule has 1 aliphatic rings. The van der Waals surface area contributed by atoms with E-state index in [9.17, 15) is 4.79 Å². The summed E-state index contributed by atoms with van der Waals surface area (Å²) in [6.45, 7) is 8.38. The van der Waals surface area contributed by atoms with E-state index in [1.807, 2.05) is 30.5 Å². The Morgan fingerprint density at radius 1 is 1.13 bits per heavy atom. The number of hydrogen-bond donors (Lipinski definition) is 1. The van der Waals surface area contributed by atoms with Gasteiger partial charge in [-0.1, -0.05) is 0 Å². The lowest BCUT2D eigenvalue weighted by Crippen LogP contribution is -2.44. The lowest BCUT2D eigenvalue weighted by atomic mass is 10.1. The zero-order valence-electron chi connectivity index (χ0n) is 21.7. The molecule has 1 amide bonds. The average Bonchev–Trinajstić information content (AvgIpc) is 3.50. The van der Waals surface area contributed by atoms with Gasteiger partial charge in [0.25, 0.3) is 5.91 Å². The molecule has 0 atom stereocenters. The minimum atomic E-state index is -0.643. The molecule has 0 aliphatic carbocycles. The molecule has 4 aromatic heterocycles. The minimum Gasteiger partial charge on any atom is -0.382 e. The Labute approximate surface area is 219 Å². The van der Waals surface area contributed by atoms with E-state index in [1.54, 1.807) is 15.6 Å². The summed E-state index contributed by atoms with van der Waals surface area (Å²) in [7, 11) is 2.14. The van der Waals surface area contributed by atoms with Crippen LogP contribution in [0.2, 0.25) is 0 Å². The molecule has 0 spiro atoms. The van der Waals surface area contributed by atoms with Gasteiger partial charge in [-0.3, -0.25) is 9.20 Å². The molecule has 38 heavy (non-hydrogen) atoms. The molecule has 1 aromatic carbocycles. The average molecular weight is 516 g/mol. The predicted molar refractivity (Wildman–Crippen MR) is 145 cm³/mol. The first-order chi connectivity index (χ1) is 18.3. The number of anilines is 2. The SMILES string of the molecule is CCN(Cc1cn2cc(N3CCN(C)CC3)ccc2n1)C(=O)c1cc2c(cc1F)nc(N)c1c(C)ncn12. The molecular formula is C27H30FN9O. The molecule has 10 nitrogen and oxygen atoms in total. The van der Waals surface area contributed by atoms with E-state index in [0.717, 1.165) is 43.2 Å². The maximum absolute atomic E-state index is 15.2. The Hall–Kier alpha value is -4.25. The van der Waals surface area contributed by atoms with Crippen LogP contribution in [0.5, 0.6) is 0 Å². The highest BCUT2D eigenvalue weighted by atomic mass is 19.1. The second kappa shape index (κ2) is 9.25. The van der Waals surface area contributed by atoms with Gasteiger partial charge in [0.2, 0.25) is 0 Å². The lowest BCUT2D eigenvalue weighted by Gasteiger charge is -2.33. The Bertz CT molecular complexity index is 1680. The molecule has 5 heterocycles. The summed E-state index contributed by atoms with van der Waals surface area (Å²) >= 11 is 0. The number of benzene rings is 1.